The van der Waals surface area contributed by atoms with Crippen molar-refractivity contribution in [1.82, 2.24) is 4.90 Å². The average Bonchev–Trinajstić information content (AvgIpc) is 2.27. The van der Waals surface area contributed by atoms with E-state index in [1.54, 1.807) is 11.8 Å². The second kappa shape index (κ2) is 6.07. The molecule has 1 rings (SSSR count). The predicted molar refractivity (Wildman–Crippen MR) is 67.2 cm³/mol. The first-order valence-corrected chi connectivity index (χ1v) is 6.49. The molecule has 104 valence electrons. The summed E-state index contributed by atoms with van der Waals surface area (Å²) in [7, 11) is 0. The highest BCUT2D eigenvalue weighted by Crippen LogP contribution is 2.17. The molecule has 0 unspecified atom stereocenters. The normalized spacial score (nSPS) is 17.4. The molecule has 1 amide bonds. The number of rotatable bonds is 2. The number of piperidine rings is 1. The number of esters is 1. The van der Waals surface area contributed by atoms with Crippen LogP contribution >= 0.6 is 0 Å². The minimum atomic E-state index is -0.470. The van der Waals surface area contributed by atoms with Crippen LogP contribution in [0.3, 0.4) is 0 Å². The molecule has 0 N–H and O–H groups in total. The van der Waals surface area contributed by atoms with Crippen LogP contribution in [0.5, 0.6) is 0 Å². The number of hydrogen-bond acceptors (Lipinski definition) is 4. The van der Waals surface area contributed by atoms with Gasteiger partial charge in [-0.3, -0.25) is 4.79 Å². The Bertz CT molecular complexity index is 301. The Morgan fingerprint density at radius 1 is 1.22 bits per heavy atom. The van der Waals surface area contributed by atoms with Crippen LogP contribution in [-0.2, 0) is 14.3 Å². The van der Waals surface area contributed by atoms with E-state index in [1.165, 1.54) is 0 Å². The number of carbonyl (C=O) groups is 2. The maximum Gasteiger partial charge on any atom is 0.410 e. The summed E-state index contributed by atoms with van der Waals surface area (Å²) in [6.45, 7) is 8.48. The largest absolute Gasteiger partial charge is 0.462 e. The van der Waals surface area contributed by atoms with E-state index in [4.69, 9.17) is 9.47 Å². The number of ether oxygens (including phenoxy) is 2. The Morgan fingerprint density at radius 3 is 2.22 bits per heavy atom. The van der Waals surface area contributed by atoms with Crippen LogP contribution in [0.25, 0.3) is 0 Å². The zero-order chi connectivity index (χ0) is 13.8. The molecule has 0 spiro atoms. The molecule has 5 heteroatoms. The lowest BCUT2D eigenvalue weighted by Gasteiger charge is -2.33. The summed E-state index contributed by atoms with van der Waals surface area (Å²) in [5.41, 5.74) is -0.470. The summed E-state index contributed by atoms with van der Waals surface area (Å²) < 4.78 is 10.5. The Morgan fingerprint density at radius 2 is 1.78 bits per heavy atom. The standard InChI is InChI=1S/C13H23NO4/c1-5-11(15)17-10-6-8-14(9-7-10)12(16)18-13(2,3)4/h10H,5-9H2,1-4H3. The number of hydrogen-bond donors (Lipinski definition) is 0. The molecular weight excluding hydrogens is 234 g/mol. The van der Waals surface area contributed by atoms with Crippen molar-refractivity contribution in [3.63, 3.8) is 0 Å². The van der Waals surface area contributed by atoms with Crippen molar-refractivity contribution < 1.29 is 19.1 Å². The van der Waals surface area contributed by atoms with Crippen molar-refractivity contribution in [2.75, 3.05) is 13.1 Å². The highest BCUT2D eigenvalue weighted by Gasteiger charge is 2.28. The van der Waals surface area contributed by atoms with Gasteiger partial charge in [-0.1, -0.05) is 6.92 Å². The molecule has 0 saturated carbocycles. The summed E-state index contributed by atoms with van der Waals surface area (Å²) >= 11 is 0. The monoisotopic (exact) mass is 257 g/mol. The summed E-state index contributed by atoms with van der Waals surface area (Å²) in [6.07, 6.45) is 1.42. The van der Waals surface area contributed by atoms with Crippen LogP contribution in [0.1, 0.15) is 47.0 Å². The van der Waals surface area contributed by atoms with Gasteiger partial charge in [0.05, 0.1) is 0 Å². The van der Waals surface area contributed by atoms with Gasteiger partial charge < -0.3 is 14.4 Å². The van der Waals surface area contributed by atoms with E-state index in [9.17, 15) is 9.59 Å². The molecule has 1 heterocycles. The summed E-state index contributed by atoms with van der Waals surface area (Å²) in [5, 5.41) is 0. The molecule has 1 fully saturated rings. The first-order valence-electron chi connectivity index (χ1n) is 6.49. The van der Waals surface area contributed by atoms with Crippen molar-refractivity contribution in [1.29, 1.82) is 0 Å². The van der Waals surface area contributed by atoms with Gasteiger partial charge in [0.2, 0.25) is 0 Å². The Kier molecular flexibility index (Phi) is 4.99. The molecule has 0 aromatic rings. The van der Waals surface area contributed by atoms with Gasteiger partial charge in [0.1, 0.15) is 11.7 Å². The van der Waals surface area contributed by atoms with Crippen molar-refractivity contribution in [3.8, 4) is 0 Å². The second-order valence-electron chi connectivity index (χ2n) is 5.51. The third-order valence-corrected chi connectivity index (χ3v) is 2.68. The summed E-state index contributed by atoms with van der Waals surface area (Å²) in [6, 6.07) is 0. The van der Waals surface area contributed by atoms with Gasteiger partial charge in [-0.15, -0.1) is 0 Å². The van der Waals surface area contributed by atoms with Crippen molar-refractivity contribution >= 4 is 12.1 Å². The van der Waals surface area contributed by atoms with Crippen LogP contribution in [-0.4, -0.2) is 41.8 Å². The van der Waals surface area contributed by atoms with Crippen LogP contribution < -0.4 is 0 Å². The van der Waals surface area contributed by atoms with Gasteiger partial charge in [0.25, 0.3) is 0 Å². The zero-order valence-corrected chi connectivity index (χ0v) is 11.7. The lowest BCUT2D eigenvalue weighted by Crippen LogP contribution is -2.43. The fraction of sp³-hybridized carbons (Fsp3) is 0.846. The van der Waals surface area contributed by atoms with Gasteiger partial charge >= 0.3 is 12.1 Å². The fourth-order valence-corrected chi connectivity index (χ4v) is 1.75. The first-order chi connectivity index (χ1) is 8.31. The molecule has 5 nitrogen and oxygen atoms in total. The van der Waals surface area contributed by atoms with Gasteiger partial charge in [0, 0.05) is 32.4 Å². The highest BCUT2D eigenvalue weighted by molar-refractivity contribution is 5.69. The Hall–Kier alpha value is -1.26. The van der Waals surface area contributed by atoms with E-state index in [1.807, 2.05) is 20.8 Å². The number of amides is 1. The van der Waals surface area contributed by atoms with E-state index in [2.05, 4.69) is 0 Å². The second-order valence-corrected chi connectivity index (χ2v) is 5.51. The summed E-state index contributed by atoms with van der Waals surface area (Å²) in [5.74, 6) is -0.175. The van der Waals surface area contributed by atoms with Gasteiger partial charge in [-0.05, 0) is 20.8 Å². The zero-order valence-electron chi connectivity index (χ0n) is 11.7. The molecule has 1 aliphatic heterocycles. The molecule has 0 bridgehead atoms. The van der Waals surface area contributed by atoms with E-state index in [0.29, 0.717) is 32.4 Å². The quantitative estimate of drug-likeness (QED) is 0.712. The molecule has 0 radical (unpaired) electrons. The molecule has 0 aromatic heterocycles. The number of nitrogens with zero attached hydrogens (tertiary/aromatic N) is 1. The van der Waals surface area contributed by atoms with Crippen molar-refractivity contribution in [2.24, 2.45) is 0 Å². The van der Waals surface area contributed by atoms with Gasteiger partial charge in [-0.2, -0.15) is 0 Å². The maximum atomic E-state index is 11.8. The third-order valence-electron chi connectivity index (χ3n) is 2.68. The maximum absolute atomic E-state index is 11.8. The predicted octanol–water partition coefficient (Wildman–Crippen LogP) is 2.34. The topological polar surface area (TPSA) is 55.8 Å². The minimum absolute atomic E-state index is 0.0591. The van der Waals surface area contributed by atoms with Crippen molar-refractivity contribution in [2.45, 2.75) is 58.7 Å². The number of carbonyl (C=O) groups excluding carboxylic acids is 2. The minimum Gasteiger partial charge on any atom is -0.462 e. The van der Waals surface area contributed by atoms with E-state index >= 15 is 0 Å². The summed E-state index contributed by atoms with van der Waals surface area (Å²) in [4.78, 5) is 24.6. The molecule has 18 heavy (non-hydrogen) atoms. The first kappa shape index (κ1) is 14.8. The molecule has 1 aliphatic rings. The van der Waals surface area contributed by atoms with Crippen LogP contribution in [0.4, 0.5) is 4.79 Å². The Balaban J connectivity index is 2.35. The average molecular weight is 257 g/mol. The molecule has 1 saturated heterocycles. The SMILES string of the molecule is CCC(=O)OC1CCN(C(=O)OC(C)(C)C)CC1. The van der Waals surface area contributed by atoms with Crippen molar-refractivity contribution in [3.05, 3.63) is 0 Å². The lowest BCUT2D eigenvalue weighted by molar-refractivity contribution is -0.150. The smallest absolute Gasteiger partial charge is 0.410 e. The number of likely N-dealkylation sites (tertiary alicyclic amines) is 1. The van der Waals surface area contributed by atoms with E-state index < -0.39 is 5.60 Å². The van der Waals surface area contributed by atoms with E-state index in [0.717, 1.165) is 0 Å². The lowest BCUT2D eigenvalue weighted by atomic mass is 10.1. The van der Waals surface area contributed by atoms with Crippen LogP contribution in [0, 0.1) is 0 Å². The molecule has 0 atom stereocenters. The highest BCUT2D eigenvalue weighted by atomic mass is 16.6. The van der Waals surface area contributed by atoms with Gasteiger partial charge in [0.15, 0.2) is 0 Å². The molecular formula is C13H23NO4. The van der Waals surface area contributed by atoms with E-state index in [-0.39, 0.29) is 18.2 Å². The van der Waals surface area contributed by atoms with Crippen LogP contribution in [0.2, 0.25) is 0 Å². The fourth-order valence-electron chi connectivity index (χ4n) is 1.75. The van der Waals surface area contributed by atoms with Crippen LogP contribution in [0.15, 0.2) is 0 Å². The third kappa shape index (κ3) is 4.94. The molecule has 0 aliphatic carbocycles. The Labute approximate surface area is 108 Å². The van der Waals surface area contributed by atoms with Gasteiger partial charge in [-0.25, -0.2) is 4.79 Å². The molecule has 0 aromatic carbocycles.